The maximum absolute atomic E-state index is 13.0. The molecule has 0 aromatic carbocycles. The molecule has 0 bridgehead atoms. The van der Waals surface area contributed by atoms with Crippen LogP contribution in [-0.4, -0.2) is 29.9 Å². The number of hydrogen-bond acceptors (Lipinski definition) is 5. The Morgan fingerprint density at radius 3 is 2.67 bits per heavy atom. The molecule has 1 aromatic rings. The van der Waals surface area contributed by atoms with Gasteiger partial charge < -0.3 is 15.3 Å². The summed E-state index contributed by atoms with van der Waals surface area (Å²) >= 11 is 5.66. The molecule has 0 aliphatic heterocycles. The molecular weight excluding hydrogens is 383 g/mol. The highest BCUT2D eigenvalue weighted by Gasteiger charge is 2.36. The highest BCUT2D eigenvalue weighted by molar-refractivity contribution is 6.30. The minimum absolute atomic E-state index is 0.0434. The van der Waals surface area contributed by atoms with Crippen LogP contribution < -0.4 is 15.5 Å². The fourth-order valence-corrected chi connectivity index (χ4v) is 2.61. The molecule has 1 aromatic heterocycles. The largest absolute Gasteiger partial charge is 0.478 e. The van der Waals surface area contributed by atoms with Crippen LogP contribution in [0.1, 0.15) is 31.9 Å². The van der Waals surface area contributed by atoms with Crippen LogP contribution in [0.25, 0.3) is 0 Å². The Bertz CT molecular complexity index is 639. The number of alkyl halides is 3. The Kier molecular flexibility index (Phi) is 9.62. The van der Waals surface area contributed by atoms with E-state index >= 15 is 0 Å². The van der Waals surface area contributed by atoms with E-state index in [1.54, 1.807) is 6.08 Å². The lowest BCUT2D eigenvalue weighted by Gasteiger charge is -2.22. The van der Waals surface area contributed by atoms with Gasteiger partial charge in [-0.1, -0.05) is 24.3 Å². The van der Waals surface area contributed by atoms with Crippen LogP contribution in [0.3, 0.4) is 0 Å². The second kappa shape index (κ2) is 11.2. The number of ether oxygens (including phenoxy) is 1. The fourth-order valence-electron chi connectivity index (χ4n) is 2.53. The predicted octanol–water partition coefficient (Wildman–Crippen LogP) is 4.98. The van der Waals surface area contributed by atoms with E-state index in [9.17, 15) is 13.2 Å². The summed E-state index contributed by atoms with van der Waals surface area (Å²) in [5.41, 5.74) is 1.08. The molecule has 3 N–H and O–H groups in total. The zero-order valence-electron chi connectivity index (χ0n) is 15.3. The lowest BCUT2D eigenvalue weighted by Crippen LogP contribution is -2.32. The van der Waals surface area contributed by atoms with Crippen LogP contribution in [0.4, 0.5) is 18.9 Å². The first-order valence-corrected chi connectivity index (χ1v) is 8.86. The molecule has 2 atom stereocenters. The monoisotopic (exact) mass is 407 g/mol. The lowest BCUT2D eigenvalue weighted by molar-refractivity contribution is -0.140. The molecule has 1 rings (SSSR count). The highest BCUT2D eigenvalue weighted by Crippen LogP contribution is 2.34. The van der Waals surface area contributed by atoms with Gasteiger partial charge in [0.1, 0.15) is 0 Å². The quantitative estimate of drug-likeness (QED) is 0.356. The van der Waals surface area contributed by atoms with Crippen LogP contribution in [0.5, 0.6) is 5.88 Å². The fraction of sp³-hybridized carbons (Fsp3) is 0.500. The van der Waals surface area contributed by atoms with E-state index in [1.807, 2.05) is 13.0 Å². The molecule has 9 heteroatoms. The molecular formula is C18H25ClF3N3O2. The Hall–Kier alpha value is -1.77. The third-order valence-corrected chi connectivity index (χ3v) is 4.19. The van der Waals surface area contributed by atoms with Crippen LogP contribution in [0, 0.1) is 5.92 Å². The third kappa shape index (κ3) is 8.19. The van der Waals surface area contributed by atoms with Gasteiger partial charge in [0, 0.05) is 24.2 Å². The molecule has 5 nitrogen and oxygen atoms in total. The Balaban J connectivity index is 2.67. The van der Waals surface area contributed by atoms with Crippen molar-refractivity contribution >= 4 is 17.3 Å². The Morgan fingerprint density at radius 1 is 1.41 bits per heavy atom. The molecule has 0 spiro atoms. The van der Waals surface area contributed by atoms with Gasteiger partial charge in [-0.25, -0.2) is 10.5 Å². The second-order valence-corrected chi connectivity index (χ2v) is 6.52. The molecule has 152 valence electrons. The number of allylic oxidation sites excluding steroid dienone is 3. The van der Waals surface area contributed by atoms with Crippen molar-refractivity contribution < 1.29 is 23.1 Å². The summed E-state index contributed by atoms with van der Waals surface area (Å²) in [6.07, 6.45) is 0.975. The molecule has 0 radical (unpaired) electrons. The molecule has 1 heterocycles. The summed E-state index contributed by atoms with van der Waals surface area (Å²) in [6.45, 7) is 5.55. The smallest absolute Gasteiger partial charge is 0.435 e. The van der Waals surface area contributed by atoms with Gasteiger partial charge in [0.25, 0.3) is 0 Å². The maximum atomic E-state index is 13.0. The molecule has 0 fully saturated rings. The average Bonchev–Trinajstić information content (AvgIpc) is 2.61. The first kappa shape index (κ1) is 23.3. The van der Waals surface area contributed by atoms with Gasteiger partial charge in [0.2, 0.25) is 5.88 Å². The summed E-state index contributed by atoms with van der Waals surface area (Å²) in [5.74, 6) is -0.0510. The number of anilines is 1. The van der Waals surface area contributed by atoms with E-state index in [4.69, 9.17) is 21.5 Å². The van der Waals surface area contributed by atoms with Crippen LogP contribution in [0.2, 0.25) is 0 Å². The van der Waals surface area contributed by atoms with E-state index in [-0.39, 0.29) is 30.1 Å². The van der Waals surface area contributed by atoms with Crippen molar-refractivity contribution in [2.75, 3.05) is 19.0 Å². The van der Waals surface area contributed by atoms with E-state index in [2.05, 4.69) is 22.4 Å². The third-order valence-electron chi connectivity index (χ3n) is 4.06. The van der Waals surface area contributed by atoms with Crippen molar-refractivity contribution in [3.05, 3.63) is 41.6 Å². The number of rotatable bonds is 11. The van der Waals surface area contributed by atoms with Crippen molar-refractivity contribution in [1.82, 2.24) is 10.5 Å². The number of pyridine rings is 1. The SMILES string of the molecule is C=C(Cl)/C=C\CCC(CCOc1ccc(NC)c(C(F)(F)F)n1)[C@@H](C)NO. The van der Waals surface area contributed by atoms with Crippen LogP contribution >= 0.6 is 11.6 Å². The zero-order valence-corrected chi connectivity index (χ0v) is 16.1. The molecule has 0 aliphatic carbocycles. The summed E-state index contributed by atoms with van der Waals surface area (Å²) in [6, 6.07) is 2.47. The van der Waals surface area contributed by atoms with Crippen molar-refractivity contribution in [2.45, 2.75) is 38.4 Å². The minimum atomic E-state index is -4.58. The van der Waals surface area contributed by atoms with Gasteiger partial charge in [-0.05, 0) is 44.2 Å². The Labute approximate surface area is 162 Å². The van der Waals surface area contributed by atoms with Crippen LogP contribution in [-0.2, 0) is 6.18 Å². The highest BCUT2D eigenvalue weighted by atomic mass is 35.5. The van der Waals surface area contributed by atoms with E-state index < -0.39 is 11.9 Å². The molecule has 0 amide bonds. The van der Waals surface area contributed by atoms with Gasteiger partial charge in [-0.15, -0.1) is 0 Å². The summed E-state index contributed by atoms with van der Waals surface area (Å²) in [4.78, 5) is 3.56. The summed E-state index contributed by atoms with van der Waals surface area (Å²) < 4.78 is 44.5. The van der Waals surface area contributed by atoms with Gasteiger partial charge in [-0.2, -0.15) is 13.2 Å². The molecule has 0 aliphatic rings. The number of hydroxylamine groups is 1. The van der Waals surface area contributed by atoms with Gasteiger partial charge in [0.15, 0.2) is 5.69 Å². The van der Waals surface area contributed by atoms with Crippen molar-refractivity contribution in [2.24, 2.45) is 5.92 Å². The molecule has 0 saturated carbocycles. The van der Waals surface area contributed by atoms with Crippen molar-refractivity contribution in [3.8, 4) is 5.88 Å². The first-order chi connectivity index (χ1) is 12.7. The standard InChI is InChI=1S/C18H25ClF3N3O2/c1-12(19)6-4-5-7-14(13(2)25-26)10-11-27-16-9-8-15(23-3)17(24-16)18(20,21)22/h4,6,8-9,13-14,23,25-26H,1,5,7,10-11H2,2-3H3/b6-4-/t13-,14?/m1/s1. The maximum Gasteiger partial charge on any atom is 0.435 e. The molecule has 1 unspecified atom stereocenters. The van der Waals surface area contributed by atoms with Gasteiger partial charge in [0.05, 0.1) is 12.3 Å². The molecule has 27 heavy (non-hydrogen) atoms. The van der Waals surface area contributed by atoms with Gasteiger partial charge in [-0.3, -0.25) is 0 Å². The lowest BCUT2D eigenvalue weighted by atomic mass is 9.93. The van der Waals surface area contributed by atoms with E-state index in [1.165, 1.54) is 19.2 Å². The van der Waals surface area contributed by atoms with E-state index in [0.717, 1.165) is 12.8 Å². The zero-order chi connectivity index (χ0) is 20.4. The summed E-state index contributed by atoms with van der Waals surface area (Å²) in [5, 5.41) is 12.1. The number of aromatic nitrogens is 1. The number of halogens is 4. The first-order valence-electron chi connectivity index (χ1n) is 8.48. The Morgan fingerprint density at radius 2 is 2.11 bits per heavy atom. The predicted molar refractivity (Wildman–Crippen MR) is 100 cm³/mol. The average molecular weight is 408 g/mol. The van der Waals surface area contributed by atoms with Crippen molar-refractivity contribution in [3.63, 3.8) is 0 Å². The molecule has 0 saturated heterocycles. The van der Waals surface area contributed by atoms with E-state index in [0.29, 0.717) is 11.5 Å². The summed E-state index contributed by atoms with van der Waals surface area (Å²) in [7, 11) is 1.40. The number of nitrogens with zero attached hydrogens (tertiary/aromatic N) is 1. The van der Waals surface area contributed by atoms with Crippen LogP contribution in [0.15, 0.2) is 35.9 Å². The van der Waals surface area contributed by atoms with Crippen molar-refractivity contribution in [1.29, 1.82) is 0 Å². The normalized spacial score (nSPS) is 14.2. The second-order valence-electron chi connectivity index (χ2n) is 6.03. The number of hydrogen-bond donors (Lipinski definition) is 3. The number of nitrogens with one attached hydrogen (secondary N) is 2. The topological polar surface area (TPSA) is 66.4 Å². The van der Waals surface area contributed by atoms with Gasteiger partial charge >= 0.3 is 6.18 Å². The minimum Gasteiger partial charge on any atom is -0.478 e.